The highest BCUT2D eigenvalue weighted by Crippen LogP contribution is 2.25. The molecule has 0 saturated carbocycles. The van der Waals surface area contributed by atoms with Gasteiger partial charge < -0.3 is 16.2 Å². The van der Waals surface area contributed by atoms with Gasteiger partial charge in [-0.05, 0) is 49.6 Å². The number of phenols is 1. The van der Waals surface area contributed by atoms with Crippen LogP contribution >= 0.6 is 0 Å². The van der Waals surface area contributed by atoms with E-state index < -0.39 is 0 Å². The normalized spacial score (nSPS) is 10.3. The molecule has 2 aromatic rings. The van der Waals surface area contributed by atoms with Crippen LogP contribution in [-0.2, 0) is 0 Å². The van der Waals surface area contributed by atoms with Gasteiger partial charge in [-0.1, -0.05) is 18.2 Å². The molecular weight excluding hydrogens is 252 g/mol. The van der Waals surface area contributed by atoms with Gasteiger partial charge >= 0.3 is 0 Å². The van der Waals surface area contributed by atoms with Gasteiger partial charge in [-0.15, -0.1) is 0 Å². The molecule has 4 nitrogen and oxygen atoms in total. The zero-order chi connectivity index (χ0) is 14.9. The molecule has 0 saturated heterocycles. The summed E-state index contributed by atoms with van der Waals surface area (Å²) in [6.07, 6.45) is 0. The molecule has 0 atom stereocenters. The SMILES string of the molecule is Cc1cc(C)c(NC(=O)c2cccc(C)c2O)cc1N. The van der Waals surface area contributed by atoms with Gasteiger partial charge in [-0.3, -0.25) is 4.79 Å². The van der Waals surface area contributed by atoms with Crippen LogP contribution in [0.3, 0.4) is 0 Å². The average Bonchev–Trinajstić information content (AvgIpc) is 2.39. The van der Waals surface area contributed by atoms with Crippen LogP contribution in [0.4, 0.5) is 11.4 Å². The Morgan fingerprint density at radius 2 is 1.80 bits per heavy atom. The maximum Gasteiger partial charge on any atom is 0.259 e. The van der Waals surface area contributed by atoms with Gasteiger partial charge in [-0.25, -0.2) is 0 Å². The second kappa shape index (κ2) is 5.25. The van der Waals surface area contributed by atoms with Crippen molar-refractivity contribution in [3.05, 3.63) is 52.6 Å². The summed E-state index contributed by atoms with van der Waals surface area (Å²) in [6.45, 7) is 5.57. The molecule has 0 heterocycles. The molecular formula is C16H18N2O2. The van der Waals surface area contributed by atoms with Crippen molar-refractivity contribution in [2.45, 2.75) is 20.8 Å². The zero-order valence-electron chi connectivity index (χ0n) is 11.8. The summed E-state index contributed by atoms with van der Waals surface area (Å²) >= 11 is 0. The third kappa shape index (κ3) is 2.59. The standard InChI is InChI=1S/C16H18N2O2/c1-9-5-4-6-12(15(9)19)16(20)18-14-8-13(17)10(2)7-11(14)3/h4-8,19H,17H2,1-3H3,(H,18,20). The summed E-state index contributed by atoms with van der Waals surface area (Å²) in [5.74, 6) is -0.347. The van der Waals surface area contributed by atoms with Gasteiger partial charge in [0.15, 0.2) is 0 Å². The minimum absolute atomic E-state index is 0.00253. The van der Waals surface area contributed by atoms with Crippen molar-refractivity contribution in [3.8, 4) is 5.75 Å². The number of phenolic OH excluding ortho intramolecular Hbond substituents is 1. The number of nitrogens with one attached hydrogen (secondary N) is 1. The van der Waals surface area contributed by atoms with Crippen LogP contribution in [0.25, 0.3) is 0 Å². The number of aromatic hydroxyl groups is 1. The summed E-state index contributed by atoms with van der Waals surface area (Å²) < 4.78 is 0. The Kier molecular flexibility index (Phi) is 3.66. The van der Waals surface area contributed by atoms with Gasteiger partial charge in [0.05, 0.1) is 5.56 Å². The number of hydrogen-bond acceptors (Lipinski definition) is 3. The predicted molar refractivity (Wildman–Crippen MR) is 81.1 cm³/mol. The molecule has 0 aromatic heterocycles. The van der Waals surface area contributed by atoms with Crippen molar-refractivity contribution in [1.29, 1.82) is 0 Å². The lowest BCUT2D eigenvalue weighted by molar-refractivity contribution is 0.102. The fourth-order valence-electron chi connectivity index (χ4n) is 2.04. The first-order valence-corrected chi connectivity index (χ1v) is 6.37. The van der Waals surface area contributed by atoms with E-state index in [2.05, 4.69) is 5.32 Å². The third-order valence-corrected chi connectivity index (χ3v) is 3.34. The Balaban J connectivity index is 2.33. The van der Waals surface area contributed by atoms with E-state index in [0.717, 1.165) is 11.1 Å². The number of benzene rings is 2. The summed E-state index contributed by atoms with van der Waals surface area (Å²) in [5.41, 5.74) is 9.95. The lowest BCUT2D eigenvalue weighted by atomic mass is 10.1. The molecule has 0 aliphatic carbocycles. The molecule has 0 spiro atoms. The first-order chi connectivity index (χ1) is 9.40. The fourth-order valence-corrected chi connectivity index (χ4v) is 2.04. The van der Waals surface area contributed by atoms with Gasteiger partial charge in [0.25, 0.3) is 5.91 Å². The lowest BCUT2D eigenvalue weighted by Gasteiger charge is -2.12. The number of nitrogen functional groups attached to an aromatic ring is 1. The predicted octanol–water partition coefficient (Wildman–Crippen LogP) is 3.15. The molecule has 0 bridgehead atoms. The molecule has 2 aromatic carbocycles. The number of carbonyl (C=O) groups excluding carboxylic acids is 1. The minimum Gasteiger partial charge on any atom is -0.507 e. The Morgan fingerprint density at radius 1 is 1.10 bits per heavy atom. The molecule has 4 heteroatoms. The Bertz CT molecular complexity index is 678. The number of rotatable bonds is 2. The highest BCUT2D eigenvalue weighted by atomic mass is 16.3. The van der Waals surface area contributed by atoms with Crippen LogP contribution in [-0.4, -0.2) is 11.0 Å². The van der Waals surface area contributed by atoms with Crippen molar-refractivity contribution in [2.75, 3.05) is 11.1 Å². The number of para-hydroxylation sites is 1. The molecule has 1 amide bonds. The van der Waals surface area contributed by atoms with Crippen LogP contribution in [0.2, 0.25) is 0 Å². The van der Waals surface area contributed by atoms with Crippen LogP contribution < -0.4 is 11.1 Å². The Morgan fingerprint density at radius 3 is 2.50 bits per heavy atom. The van der Waals surface area contributed by atoms with Gasteiger partial charge in [-0.2, -0.15) is 0 Å². The second-order valence-electron chi connectivity index (χ2n) is 4.95. The summed E-state index contributed by atoms with van der Waals surface area (Å²) in [4.78, 5) is 12.2. The quantitative estimate of drug-likeness (QED) is 0.734. The third-order valence-electron chi connectivity index (χ3n) is 3.34. The average molecular weight is 270 g/mol. The Hall–Kier alpha value is -2.49. The van der Waals surface area contributed by atoms with Crippen LogP contribution in [0.5, 0.6) is 5.75 Å². The van der Waals surface area contributed by atoms with Crippen molar-refractivity contribution in [1.82, 2.24) is 0 Å². The van der Waals surface area contributed by atoms with E-state index in [0.29, 0.717) is 16.9 Å². The highest BCUT2D eigenvalue weighted by Gasteiger charge is 2.14. The largest absolute Gasteiger partial charge is 0.507 e. The van der Waals surface area contributed by atoms with Crippen molar-refractivity contribution in [2.24, 2.45) is 0 Å². The van der Waals surface area contributed by atoms with E-state index in [9.17, 15) is 9.90 Å². The molecule has 4 N–H and O–H groups in total. The highest BCUT2D eigenvalue weighted by molar-refractivity contribution is 6.06. The summed E-state index contributed by atoms with van der Waals surface area (Å²) in [7, 11) is 0. The molecule has 2 rings (SSSR count). The fraction of sp³-hybridized carbons (Fsp3) is 0.188. The maximum absolute atomic E-state index is 12.2. The van der Waals surface area contributed by atoms with Crippen LogP contribution in [0.15, 0.2) is 30.3 Å². The van der Waals surface area contributed by atoms with Gasteiger partial charge in [0.1, 0.15) is 5.75 Å². The van der Waals surface area contributed by atoms with E-state index >= 15 is 0 Å². The monoisotopic (exact) mass is 270 g/mol. The van der Waals surface area contributed by atoms with E-state index in [4.69, 9.17) is 5.73 Å². The number of anilines is 2. The van der Waals surface area contributed by atoms with Crippen molar-refractivity contribution < 1.29 is 9.90 Å². The number of amides is 1. The van der Waals surface area contributed by atoms with Crippen LogP contribution in [0.1, 0.15) is 27.0 Å². The van der Waals surface area contributed by atoms with Gasteiger partial charge in [0, 0.05) is 11.4 Å². The first-order valence-electron chi connectivity index (χ1n) is 6.37. The lowest BCUT2D eigenvalue weighted by Crippen LogP contribution is -2.13. The zero-order valence-corrected chi connectivity index (χ0v) is 11.8. The van der Waals surface area contributed by atoms with E-state index in [1.807, 2.05) is 19.9 Å². The minimum atomic E-state index is -0.349. The van der Waals surface area contributed by atoms with Gasteiger partial charge in [0.2, 0.25) is 0 Å². The summed E-state index contributed by atoms with van der Waals surface area (Å²) in [5, 5.41) is 12.7. The molecule has 20 heavy (non-hydrogen) atoms. The molecule has 0 radical (unpaired) electrons. The maximum atomic E-state index is 12.2. The first kappa shape index (κ1) is 13.9. The van der Waals surface area contributed by atoms with Crippen LogP contribution in [0, 0.1) is 20.8 Å². The molecule has 0 aliphatic rings. The van der Waals surface area contributed by atoms with E-state index in [-0.39, 0.29) is 17.2 Å². The molecule has 0 unspecified atom stereocenters. The van der Waals surface area contributed by atoms with Crippen molar-refractivity contribution >= 4 is 17.3 Å². The van der Waals surface area contributed by atoms with Crippen molar-refractivity contribution in [3.63, 3.8) is 0 Å². The molecule has 0 fully saturated rings. The number of hydrogen-bond donors (Lipinski definition) is 3. The molecule has 0 aliphatic heterocycles. The number of carbonyl (C=O) groups is 1. The Labute approximate surface area is 118 Å². The van der Waals surface area contributed by atoms with E-state index in [1.54, 1.807) is 31.2 Å². The number of aryl methyl sites for hydroxylation is 3. The van der Waals surface area contributed by atoms with E-state index in [1.165, 1.54) is 0 Å². The number of nitrogens with two attached hydrogens (primary N) is 1. The topological polar surface area (TPSA) is 75.3 Å². The smallest absolute Gasteiger partial charge is 0.259 e. The molecule has 104 valence electrons. The second-order valence-corrected chi connectivity index (χ2v) is 4.95. The summed E-state index contributed by atoms with van der Waals surface area (Å²) in [6, 6.07) is 8.72.